The van der Waals surface area contributed by atoms with Crippen LogP contribution in [-0.4, -0.2) is 4.57 Å². The van der Waals surface area contributed by atoms with Crippen LogP contribution in [0, 0.1) is 13.8 Å². The molecule has 2 nitrogen and oxygen atoms in total. The van der Waals surface area contributed by atoms with E-state index in [1.807, 2.05) is 0 Å². The summed E-state index contributed by atoms with van der Waals surface area (Å²) in [6, 6.07) is 79.4. The van der Waals surface area contributed by atoms with Crippen LogP contribution in [0.5, 0.6) is 0 Å². The van der Waals surface area contributed by atoms with E-state index in [-0.39, 0.29) is 5.41 Å². The molecule has 0 saturated heterocycles. The van der Waals surface area contributed by atoms with E-state index in [0.717, 1.165) is 17.1 Å². The monoisotopic (exact) mass is 754 g/mol. The van der Waals surface area contributed by atoms with E-state index in [1.165, 1.54) is 83.1 Å². The molecule has 0 bridgehead atoms. The Bertz CT molecular complexity index is 3130. The summed E-state index contributed by atoms with van der Waals surface area (Å²) in [5, 5.41) is 2.64. The Morgan fingerprint density at radius 3 is 1.47 bits per heavy atom. The molecular formula is C57H42N2. The molecule has 59 heavy (non-hydrogen) atoms. The van der Waals surface area contributed by atoms with Crippen molar-refractivity contribution in [3.63, 3.8) is 0 Å². The number of hydrogen-bond acceptors (Lipinski definition) is 1. The van der Waals surface area contributed by atoms with Crippen molar-refractivity contribution in [2.75, 3.05) is 4.90 Å². The second-order valence-electron chi connectivity index (χ2n) is 15.8. The minimum atomic E-state index is -0.306. The van der Waals surface area contributed by atoms with Crippen LogP contribution < -0.4 is 4.90 Å². The van der Waals surface area contributed by atoms with E-state index < -0.39 is 0 Å². The fourth-order valence-corrected chi connectivity index (χ4v) is 9.89. The van der Waals surface area contributed by atoms with Crippen molar-refractivity contribution >= 4 is 38.9 Å². The van der Waals surface area contributed by atoms with Gasteiger partial charge in [-0.15, -0.1) is 0 Å². The zero-order valence-electron chi connectivity index (χ0n) is 33.2. The number of para-hydroxylation sites is 3. The number of aryl methyl sites for hydroxylation is 2. The van der Waals surface area contributed by atoms with Gasteiger partial charge in [0.2, 0.25) is 0 Å². The Balaban J connectivity index is 0.000000166. The highest BCUT2D eigenvalue weighted by molar-refractivity contribution is 6.09. The summed E-state index contributed by atoms with van der Waals surface area (Å²) in [5.41, 5.74) is 20.3. The second-order valence-corrected chi connectivity index (χ2v) is 15.8. The number of anilines is 3. The van der Waals surface area contributed by atoms with Crippen molar-refractivity contribution in [1.82, 2.24) is 4.57 Å². The minimum Gasteiger partial charge on any atom is -0.310 e. The van der Waals surface area contributed by atoms with Crippen LogP contribution in [0.2, 0.25) is 0 Å². The molecule has 1 heterocycles. The molecule has 9 aromatic carbocycles. The Morgan fingerprint density at radius 1 is 0.339 bits per heavy atom. The smallest absolute Gasteiger partial charge is 0.0725 e. The molecular weight excluding hydrogens is 713 g/mol. The molecule has 12 rings (SSSR count). The van der Waals surface area contributed by atoms with Crippen molar-refractivity contribution in [2.45, 2.75) is 19.3 Å². The molecule has 2 aliphatic carbocycles. The Labute approximate surface area is 345 Å². The topological polar surface area (TPSA) is 8.17 Å². The van der Waals surface area contributed by atoms with Gasteiger partial charge in [0.1, 0.15) is 0 Å². The van der Waals surface area contributed by atoms with Crippen LogP contribution in [0.25, 0.3) is 49.7 Å². The maximum Gasteiger partial charge on any atom is 0.0725 e. The van der Waals surface area contributed by atoms with Gasteiger partial charge in [-0.1, -0.05) is 163 Å². The highest BCUT2D eigenvalue weighted by atomic mass is 15.1. The summed E-state index contributed by atoms with van der Waals surface area (Å²) in [6.45, 7) is 4.29. The van der Waals surface area contributed by atoms with Crippen LogP contribution in [0.15, 0.2) is 218 Å². The number of benzene rings is 9. The van der Waals surface area contributed by atoms with Crippen molar-refractivity contribution in [3.8, 4) is 27.9 Å². The number of hydrogen-bond donors (Lipinski definition) is 0. The van der Waals surface area contributed by atoms with Crippen LogP contribution in [0.1, 0.15) is 33.4 Å². The average Bonchev–Trinajstić information content (AvgIpc) is 3.89. The lowest BCUT2D eigenvalue weighted by molar-refractivity contribution is 0.794. The first-order valence-electron chi connectivity index (χ1n) is 20.5. The van der Waals surface area contributed by atoms with Gasteiger partial charge in [-0.05, 0) is 125 Å². The molecule has 280 valence electrons. The molecule has 1 aromatic heterocycles. The third-order valence-electron chi connectivity index (χ3n) is 12.4. The van der Waals surface area contributed by atoms with Crippen molar-refractivity contribution in [1.29, 1.82) is 0 Å². The molecule has 0 atom stereocenters. The summed E-state index contributed by atoms with van der Waals surface area (Å²) < 4.78 is 2.34. The summed E-state index contributed by atoms with van der Waals surface area (Å²) in [4.78, 5) is 2.36. The lowest BCUT2D eigenvalue weighted by Crippen LogP contribution is -2.25. The zero-order chi connectivity index (χ0) is 39.5. The fraction of sp³-hybridized carbons (Fsp3) is 0.0526. The quantitative estimate of drug-likeness (QED) is 0.174. The van der Waals surface area contributed by atoms with E-state index in [4.69, 9.17) is 0 Å². The maximum atomic E-state index is 2.40. The predicted octanol–water partition coefficient (Wildman–Crippen LogP) is 14.9. The number of rotatable bonds is 4. The van der Waals surface area contributed by atoms with Crippen molar-refractivity contribution < 1.29 is 0 Å². The first-order chi connectivity index (χ1) is 29.1. The highest BCUT2D eigenvalue weighted by Crippen LogP contribution is 2.63. The van der Waals surface area contributed by atoms with E-state index in [2.05, 4.69) is 242 Å². The second kappa shape index (κ2) is 13.9. The Hall–Kier alpha value is -7.42. The minimum absolute atomic E-state index is 0.306. The molecule has 2 heteroatoms. The third-order valence-corrected chi connectivity index (χ3v) is 12.4. The van der Waals surface area contributed by atoms with Crippen LogP contribution >= 0.6 is 0 Å². The SMILES string of the molecule is Cc1ccc(N(c2ccccc2)c2ccc3c(c2)-c2ccccc2C32c3ccccc3-c3ccccc32)cc1.Cc1ccc2c(c1)c1ccccc1n2-c1ccccc1. The van der Waals surface area contributed by atoms with Crippen molar-refractivity contribution in [3.05, 3.63) is 252 Å². The van der Waals surface area contributed by atoms with Gasteiger partial charge in [-0.25, -0.2) is 0 Å². The average molecular weight is 755 g/mol. The number of fused-ring (bicyclic) bond motifs is 13. The fourth-order valence-electron chi connectivity index (χ4n) is 9.89. The summed E-state index contributed by atoms with van der Waals surface area (Å²) in [6.07, 6.45) is 0. The maximum absolute atomic E-state index is 2.40. The Morgan fingerprint density at radius 2 is 0.814 bits per heavy atom. The molecule has 0 aliphatic heterocycles. The van der Waals surface area contributed by atoms with Gasteiger partial charge >= 0.3 is 0 Å². The normalized spacial score (nSPS) is 12.7. The van der Waals surface area contributed by atoms with Gasteiger partial charge < -0.3 is 9.47 Å². The zero-order valence-corrected chi connectivity index (χ0v) is 33.2. The molecule has 10 aromatic rings. The van der Waals surface area contributed by atoms with E-state index >= 15 is 0 Å². The van der Waals surface area contributed by atoms with E-state index in [9.17, 15) is 0 Å². The predicted molar refractivity (Wildman–Crippen MR) is 248 cm³/mol. The van der Waals surface area contributed by atoms with Gasteiger partial charge in [0.05, 0.1) is 16.4 Å². The first kappa shape index (κ1) is 34.8. The summed E-state index contributed by atoms with van der Waals surface area (Å²) in [5.74, 6) is 0. The van der Waals surface area contributed by atoms with Crippen LogP contribution in [-0.2, 0) is 5.41 Å². The van der Waals surface area contributed by atoms with E-state index in [1.54, 1.807) is 0 Å². The summed E-state index contributed by atoms with van der Waals surface area (Å²) >= 11 is 0. The largest absolute Gasteiger partial charge is 0.310 e. The number of aromatic nitrogens is 1. The van der Waals surface area contributed by atoms with Gasteiger partial charge in [0.15, 0.2) is 0 Å². The Kier molecular flexibility index (Phi) is 8.20. The summed E-state index contributed by atoms with van der Waals surface area (Å²) in [7, 11) is 0. The van der Waals surface area contributed by atoms with Crippen molar-refractivity contribution in [2.24, 2.45) is 0 Å². The van der Waals surface area contributed by atoms with Crippen LogP contribution in [0.3, 0.4) is 0 Å². The molecule has 0 saturated carbocycles. The molecule has 0 radical (unpaired) electrons. The van der Waals surface area contributed by atoms with Gasteiger partial charge in [0.25, 0.3) is 0 Å². The molecule has 0 fully saturated rings. The van der Waals surface area contributed by atoms with Gasteiger partial charge in [-0.2, -0.15) is 0 Å². The molecule has 0 amide bonds. The molecule has 1 spiro atoms. The highest BCUT2D eigenvalue weighted by Gasteiger charge is 2.51. The van der Waals surface area contributed by atoms with Crippen LogP contribution in [0.4, 0.5) is 17.1 Å². The molecule has 0 N–H and O–H groups in total. The lowest BCUT2D eigenvalue weighted by atomic mass is 9.70. The standard InChI is InChI=1S/C38H27N.C19H15N/c1-26-19-21-28(22-20-26)39(27-11-3-2-4-12-27)29-23-24-37-33(25-29)32-15-7-10-18-36(32)38(37)34-16-8-5-13-30(34)31-14-6-9-17-35(31)38;1-14-11-12-19-17(13-14)16-9-5-6-10-18(16)20(19)15-7-3-2-4-8-15/h2-25H,1H3;2-13H,1H3. The first-order valence-corrected chi connectivity index (χ1v) is 20.5. The lowest BCUT2D eigenvalue weighted by Gasteiger charge is -2.31. The molecule has 2 aliphatic rings. The van der Waals surface area contributed by atoms with Gasteiger partial charge in [-0.3, -0.25) is 0 Å². The van der Waals surface area contributed by atoms with Gasteiger partial charge in [0, 0.05) is 33.5 Å². The molecule has 0 unspecified atom stereocenters. The number of nitrogens with zero attached hydrogens (tertiary/aromatic N) is 2. The third kappa shape index (κ3) is 5.41. The van der Waals surface area contributed by atoms with E-state index in [0.29, 0.717) is 0 Å².